The lowest BCUT2D eigenvalue weighted by Gasteiger charge is -2.51. The number of ether oxygens (including phenoxy) is 2. The van der Waals surface area contributed by atoms with Gasteiger partial charge in [-0.05, 0) is 107 Å². The number of carbonyl (C=O) groups excluding carboxylic acids is 1. The van der Waals surface area contributed by atoms with Crippen molar-refractivity contribution in [2.75, 3.05) is 73.7 Å². The quantitative estimate of drug-likeness (QED) is 0.305. The van der Waals surface area contributed by atoms with Gasteiger partial charge in [-0.2, -0.15) is 4.31 Å². The first-order valence-corrected chi connectivity index (χ1v) is 18.9. The molecule has 2 saturated heterocycles. The van der Waals surface area contributed by atoms with Gasteiger partial charge >= 0.3 is 0 Å². The highest BCUT2D eigenvalue weighted by Crippen LogP contribution is 2.41. The summed E-state index contributed by atoms with van der Waals surface area (Å²) in [5, 5.41) is 0. The van der Waals surface area contributed by atoms with Crippen LogP contribution >= 0.6 is 0 Å². The zero-order chi connectivity index (χ0) is 33.6. The molecule has 47 heavy (non-hydrogen) atoms. The molecule has 2 heterocycles. The molecule has 0 aromatic heterocycles. The summed E-state index contributed by atoms with van der Waals surface area (Å²) in [5.41, 5.74) is 2.99. The lowest BCUT2D eigenvalue weighted by atomic mass is 9.72. The highest BCUT2D eigenvalue weighted by Gasteiger charge is 2.41. The van der Waals surface area contributed by atoms with Gasteiger partial charge in [0.2, 0.25) is 15.9 Å². The first-order valence-electron chi connectivity index (χ1n) is 17.5. The fraction of sp³-hybridized carbons (Fsp3) is 0.649. The van der Waals surface area contributed by atoms with Crippen LogP contribution in [0.5, 0.6) is 5.75 Å². The fourth-order valence-corrected chi connectivity index (χ4v) is 10.2. The molecule has 1 amide bonds. The van der Waals surface area contributed by atoms with Gasteiger partial charge in [0.1, 0.15) is 12.4 Å². The standard InChI is InChI=1S/C37H56N4O5S/c1-29-24-34(45-5)25-30(2)36(29)47(43,44)41-19-9-12-33(41)27-46-28-35(42)39(4)26-32-14-17-37(18-15-32,40-22-20-38(3)21-23-40)16-13-31-10-7-6-8-11-31/h6-8,10-11,24-25,32-33H,9,12-23,26-28H2,1-5H3. The van der Waals surface area contributed by atoms with Crippen LogP contribution in [0, 0.1) is 19.8 Å². The van der Waals surface area contributed by atoms with Crippen LogP contribution in [0.25, 0.3) is 0 Å². The Morgan fingerprint density at radius 2 is 1.64 bits per heavy atom. The molecule has 0 radical (unpaired) electrons. The maximum Gasteiger partial charge on any atom is 0.248 e. The van der Waals surface area contributed by atoms with Crippen molar-refractivity contribution >= 4 is 15.9 Å². The third kappa shape index (κ3) is 8.57. The van der Waals surface area contributed by atoms with Crippen molar-refractivity contribution in [1.29, 1.82) is 0 Å². The zero-order valence-corrected chi connectivity index (χ0v) is 30.1. The normalized spacial score (nSPS) is 24.8. The molecule has 3 fully saturated rings. The molecule has 1 saturated carbocycles. The highest BCUT2D eigenvalue weighted by atomic mass is 32.2. The van der Waals surface area contributed by atoms with Crippen molar-refractivity contribution in [3.05, 3.63) is 59.2 Å². The Bertz CT molecular complexity index is 1410. The highest BCUT2D eigenvalue weighted by molar-refractivity contribution is 7.89. The van der Waals surface area contributed by atoms with Crippen molar-refractivity contribution in [2.24, 2.45) is 5.92 Å². The van der Waals surface area contributed by atoms with Gasteiger partial charge in [0.15, 0.2) is 0 Å². The largest absolute Gasteiger partial charge is 0.497 e. The Balaban J connectivity index is 1.11. The molecular formula is C37H56N4O5S. The molecule has 260 valence electrons. The van der Waals surface area contributed by atoms with Crippen LogP contribution in [0.1, 0.15) is 61.6 Å². The zero-order valence-electron chi connectivity index (χ0n) is 29.2. The van der Waals surface area contributed by atoms with Gasteiger partial charge < -0.3 is 19.3 Å². The number of hydrogen-bond donors (Lipinski definition) is 0. The van der Waals surface area contributed by atoms with Crippen molar-refractivity contribution < 1.29 is 22.7 Å². The van der Waals surface area contributed by atoms with E-state index < -0.39 is 10.0 Å². The predicted octanol–water partition coefficient (Wildman–Crippen LogP) is 4.75. The molecule has 2 aromatic rings. The van der Waals surface area contributed by atoms with Gasteiger partial charge in [-0.1, -0.05) is 30.3 Å². The van der Waals surface area contributed by atoms with Gasteiger partial charge in [0.25, 0.3) is 0 Å². The van der Waals surface area contributed by atoms with Crippen molar-refractivity contribution in [1.82, 2.24) is 19.0 Å². The molecule has 9 nitrogen and oxygen atoms in total. The van der Waals surface area contributed by atoms with Crippen LogP contribution < -0.4 is 4.74 Å². The van der Waals surface area contributed by atoms with Gasteiger partial charge in [-0.3, -0.25) is 9.69 Å². The Morgan fingerprint density at radius 3 is 2.28 bits per heavy atom. The maximum absolute atomic E-state index is 13.7. The van der Waals surface area contributed by atoms with Crippen molar-refractivity contribution in [3.8, 4) is 5.75 Å². The Kier molecular flexibility index (Phi) is 12.0. The average molecular weight is 669 g/mol. The number of rotatable bonds is 13. The van der Waals surface area contributed by atoms with E-state index in [4.69, 9.17) is 9.47 Å². The molecule has 10 heteroatoms. The van der Waals surface area contributed by atoms with E-state index in [0.717, 1.165) is 64.8 Å². The molecule has 1 unspecified atom stereocenters. The summed E-state index contributed by atoms with van der Waals surface area (Å²) >= 11 is 0. The number of nitrogens with zero attached hydrogens (tertiary/aromatic N) is 4. The second-order valence-electron chi connectivity index (χ2n) is 14.2. The van der Waals surface area contributed by atoms with E-state index in [2.05, 4.69) is 47.2 Å². The first kappa shape index (κ1) is 35.8. The number of carbonyl (C=O) groups is 1. The lowest BCUT2D eigenvalue weighted by molar-refractivity contribution is -0.136. The molecule has 1 aliphatic carbocycles. The number of benzene rings is 2. The maximum atomic E-state index is 13.7. The molecule has 5 rings (SSSR count). The minimum absolute atomic E-state index is 0.0312. The summed E-state index contributed by atoms with van der Waals surface area (Å²) in [5.74, 6) is 1.08. The fourth-order valence-electron chi connectivity index (χ4n) is 8.15. The molecule has 2 aromatic carbocycles. The van der Waals surface area contributed by atoms with E-state index in [0.29, 0.717) is 34.2 Å². The van der Waals surface area contributed by atoms with Crippen LogP contribution in [-0.4, -0.2) is 119 Å². The second-order valence-corrected chi connectivity index (χ2v) is 16.1. The Morgan fingerprint density at radius 1 is 0.979 bits per heavy atom. The summed E-state index contributed by atoms with van der Waals surface area (Å²) in [6, 6.07) is 14.1. The van der Waals surface area contributed by atoms with Crippen LogP contribution in [0.2, 0.25) is 0 Å². The number of amides is 1. The second kappa shape index (κ2) is 15.8. The molecule has 2 aliphatic heterocycles. The van der Waals surface area contributed by atoms with Crippen LogP contribution in [0.4, 0.5) is 0 Å². The Hall–Kier alpha value is -2.50. The first-order chi connectivity index (χ1) is 22.5. The third-order valence-electron chi connectivity index (χ3n) is 11.0. The Labute approximate surface area is 283 Å². The van der Waals surface area contributed by atoms with E-state index in [9.17, 15) is 13.2 Å². The van der Waals surface area contributed by atoms with E-state index in [1.54, 1.807) is 23.5 Å². The molecule has 1 atom stereocenters. The van der Waals surface area contributed by atoms with Crippen LogP contribution in [0.15, 0.2) is 47.4 Å². The lowest BCUT2D eigenvalue weighted by Crippen LogP contribution is -2.58. The summed E-state index contributed by atoms with van der Waals surface area (Å²) < 4.78 is 40.3. The van der Waals surface area contributed by atoms with Gasteiger partial charge in [0, 0.05) is 57.9 Å². The summed E-state index contributed by atoms with van der Waals surface area (Å²) in [6.45, 7) is 9.50. The minimum atomic E-state index is -3.70. The van der Waals surface area contributed by atoms with Crippen molar-refractivity contribution in [3.63, 3.8) is 0 Å². The van der Waals surface area contributed by atoms with E-state index >= 15 is 0 Å². The monoisotopic (exact) mass is 668 g/mol. The molecule has 0 bridgehead atoms. The summed E-state index contributed by atoms with van der Waals surface area (Å²) in [4.78, 5) is 20.5. The van der Waals surface area contributed by atoms with E-state index in [1.807, 2.05) is 25.8 Å². The third-order valence-corrected chi connectivity index (χ3v) is 13.2. The van der Waals surface area contributed by atoms with Crippen LogP contribution in [-0.2, 0) is 26.0 Å². The molecule has 3 aliphatic rings. The predicted molar refractivity (Wildman–Crippen MR) is 186 cm³/mol. The van der Waals surface area contributed by atoms with E-state index in [1.165, 1.54) is 24.8 Å². The number of piperazine rings is 1. The topological polar surface area (TPSA) is 82.6 Å². The smallest absolute Gasteiger partial charge is 0.248 e. The molecule has 0 N–H and O–H groups in total. The number of methoxy groups -OCH3 is 1. The van der Waals surface area contributed by atoms with Gasteiger partial charge in [-0.15, -0.1) is 0 Å². The minimum Gasteiger partial charge on any atom is -0.497 e. The number of likely N-dealkylation sites (N-methyl/N-ethyl adjacent to an activating group) is 2. The SMILES string of the molecule is COc1cc(C)c(S(=O)(=O)N2CCCC2COCC(=O)N(C)CC2CCC(CCc3ccccc3)(N3CCN(C)CC3)CC2)c(C)c1. The average Bonchev–Trinajstić information content (AvgIpc) is 3.54. The molecule has 0 spiro atoms. The van der Waals surface area contributed by atoms with Gasteiger partial charge in [0.05, 0.1) is 18.6 Å². The summed E-state index contributed by atoms with van der Waals surface area (Å²) in [7, 11) is 1.98. The van der Waals surface area contributed by atoms with Crippen molar-refractivity contribution in [2.45, 2.75) is 81.7 Å². The summed E-state index contributed by atoms with van der Waals surface area (Å²) in [6.07, 6.45) is 8.38. The molecular weight excluding hydrogens is 612 g/mol. The number of aryl methyl sites for hydroxylation is 3. The number of hydrogen-bond acceptors (Lipinski definition) is 7. The van der Waals surface area contributed by atoms with E-state index in [-0.39, 0.29) is 30.7 Å². The number of sulfonamides is 1. The van der Waals surface area contributed by atoms with Crippen LogP contribution in [0.3, 0.4) is 0 Å². The van der Waals surface area contributed by atoms with Gasteiger partial charge in [-0.25, -0.2) is 8.42 Å².